The van der Waals surface area contributed by atoms with Gasteiger partial charge in [0.15, 0.2) is 17.4 Å². The molecule has 1 fully saturated rings. The molecular formula is C24H23N7O2. The van der Waals surface area contributed by atoms with Crippen LogP contribution in [0.15, 0.2) is 55.1 Å². The number of rotatable bonds is 4. The van der Waals surface area contributed by atoms with E-state index in [0.29, 0.717) is 29.7 Å². The Hall–Kier alpha value is -3.98. The fourth-order valence-electron chi connectivity index (χ4n) is 4.21. The summed E-state index contributed by atoms with van der Waals surface area (Å²) in [5.41, 5.74) is 3.33. The predicted molar refractivity (Wildman–Crippen MR) is 126 cm³/mol. The van der Waals surface area contributed by atoms with Crippen LogP contribution in [0, 0.1) is 6.92 Å². The monoisotopic (exact) mass is 441 g/mol. The molecule has 6 rings (SSSR count). The van der Waals surface area contributed by atoms with Crippen molar-refractivity contribution in [2.45, 2.75) is 13.0 Å². The first-order valence-corrected chi connectivity index (χ1v) is 11.0. The molecule has 0 aliphatic carbocycles. The molecule has 1 aromatic carbocycles. The number of piperazine rings is 1. The third kappa shape index (κ3) is 3.87. The van der Waals surface area contributed by atoms with Crippen molar-refractivity contribution in [1.29, 1.82) is 0 Å². The number of pyridine rings is 2. The van der Waals surface area contributed by atoms with Crippen molar-refractivity contribution in [2.75, 3.05) is 36.5 Å². The molecule has 9 heteroatoms. The molecule has 2 bridgehead atoms. The summed E-state index contributed by atoms with van der Waals surface area (Å²) in [5.74, 6) is 3.74. The van der Waals surface area contributed by atoms with Gasteiger partial charge in [-0.2, -0.15) is 0 Å². The summed E-state index contributed by atoms with van der Waals surface area (Å²) in [7, 11) is 0. The Morgan fingerprint density at radius 3 is 3.06 bits per heavy atom. The molecule has 4 aromatic rings. The van der Waals surface area contributed by atoms with E-state index in [0.717, 1.165) is 53.7 Å². The van der Waals surface area contributed by atoms with Crippen LogP contribution in [0.4, 0.5) is 17.3 Å². The van der Waals surface area contributed by atoms with Crippen molar-refractivity contribution in [1.82, 2.24) is 25.3 Å². The van der Waals surface area contributed by atoms with Gasteiger partial charge in [-0.15, -0.1) is 0 Å². The number of aromatic nitrogens is 4. The van der Waals surface area contributed by atoms with Gasteiger partial charge >= 0.3 is 0 Å². The van der Waals surface area contributed by atoms with E-state index in [1.807, 2.05) is 43.3 Å². The average molecular weight is 441 g/mol. The Morgan fingerprint density at radius 1 is 1.21 bits per heavy atom. The molecule has 2 aliphatic heterocycles. The fraction of sp³-hybridized carbons (Fsp3) is 0.250. The molecule has 3 aromatic heterocycles. The Morgan fingerprint density at radius 2 is 2.18 bits per heavy atom. The molecule has 33 heavy (non-hydrogen) atoms. The van der Waals surface area contributed by atoms with Crippen LogP contribution >= 0.6 is 0 Å². The number of fused-ring (bicyclic) bond motifs is 5. The van der Waals surface area contributed by atoms with Gasteiger partial charge in [0.1, 0.15) is 29.9 Å². The lowest BCUT2D eigenvalue weighted by Gasteiger charge is -2.31. The van der Waals surface area contributed by atoms with Crippen LogP contribution < -0.4 is 25.0 Å². The minimum absolute atomic E-state index is 0.301. The topological polar surface area (TPSA) is 97.3 Å². The van der Waals surface area contributed by atoms with E-state index in [1.165, 1.54) is 0 Å². The maximum Gasteiger partial charge on any atom is 0.172 e. The van der Waals surface area contributed by atoms with E-state index in [9.17, 15) is 0 Å². The molecule has 0 saturated carbocycles. The van der Waals surface area contributed by atoms with Crippen LogP contribution in [0.2, 0.25) is 0 Å². The first kappa shape index (κ1) is 19.7. The number of ether oxygens (including phenoxy) is 2. The van der Waals surface area contributed by atoms with Crippen molar-refractivity contribution in [3.8, 4) is 17.2 Å². The SMILES string of the molecule is Cc1cc(Nc2ncnc3cc4c(nc23)N2CCN[C@H](CO4)C2)ccc1Oc1cccnc1. The first-order chi connectivity index (χ1) is 16.2. The zero-order valence-corrected chi connectivity index (χ0v) is 18.2. The minimum atomic E-state index is 0.301. The second kappa shape index (κ2) is 8.18. The van der Waals surface area contributed by atoms with Crippen LogP contribution in [-0.2, 0) is 0 Å². The number of hydrogen-bond donors (Lipinski definition) is 2. The fourth-order valence-corrected chi connectivity index (χ4v) is 4.21. The molecule has 2 aliphatic rings. The van der Waals surface area contributed by atoms with Crippen molar-refractivity contribution >= 4 is 28.4 Å². The van der Waals surface area contributed by atoms with E-state index >= 15 is 0 Å². The molecule has 0 radical (unpaired) electrons. The molecular weight excluding hydrogens is 418 g/mol. The summed E-state index contributed by atoms with van der Waals surface area (Å²) in [6, 6.07) is 11.9. The van der Waals surface area contributed by atoms with Gasteiger partial charge in [-0.3, -0.25) is 4.98 Å². The third-order valence-corrected chi connectivity index (χ3v) is 5.85. The zero-order chi connectivity index (χ0) is 22.2. The normalized spacial score (nSPS) is 17.1. The van der Waals surface area contributed by atoms with E-state index in [1.54, 1.807) is 18.7 Å². The molecule has 1 saturated heterocycles. The number of aryl methyl sites for hydroxylation is 1. The largest absolute Gasteiger partial charge is 0.488 e. The highest BCUT2D eigenvalue weighted by atomic mass is 16.5. The Bertz CT molecular complexity index is 1320. The summed E-state index contributed by atoms with van der Waals surface area (Å²) in [6.45, 7) is 5.31. The number of benzene rings is 1. The third-order valence-electron chi connectivity index (χ3n) is 5.85. The van der Waals surface area contributed by atoms with Crippen LogP contribution in [0.1, 0.15) is 5.56 Å². The number of nitrogens with one attached hydrogen (secondary N) is 2. The average Bonchev–Trinajstić information content (AvgIpc) is 2.96. The zero-order valence-electron chi connectivity index (χ0n) is 18.2. The molecule has 0 amide bonds. The van der Waals surface area contributed by atoms with E-state index in [4.69, 9.17) is 14.5 Å². The highest BCUT2D eigenvalue weighted by molar-refractivity contribution is 5.90. The van der Waals surface area contributed by atoms with Gasteiger partial charge in [-0.05, 0) is 42.8 Å². The van der Waals surface area contributed by atoms with Crippen LogP contribution in [0.5, 0.6) is 17.2 Å². The molecule has 0 unspecified atom stereocenters. The highest BCUT2D eigenvalue weighted by Gasteiger charge is 2.28. The predicted octanol–water partition coefficient (Wildman–Crippen LogP) is 3.43. The molecule has 2 N–H and O–H groups in total. The number of hydrogen-bond acceptors (Lipinski definition) is 9. The van der Waals surface area contributed by atoms with E-state index in [-0.39, 0.29) is 0 Å². The summed E-state index contributed by atoms with van der Waals surface area (Å²) < 4.78 is 12.0. The number of nitrogens with zero attached hydrogens (tertiary/aromatic N) is 5. The van der Waals surface area contributed by atoms with Gasteiger partial charge in [0.25, 0.3) is 0 Å². The number of anilines is 3. The van der Waals surface area contributed by atoms with Crippen LogP contribution in [0.25, 0.3) is 11.0 Å². The molecule has 166 valence electrons. The summed E-state index contributed by atoms with van der Waals surface area (Å²) in [4.78, 5) is 20.2. The standard InChI is InChI=1S/C24H23N7O2/c1-15-9-16(4-5-20(15)33-18-3-2-6-25-11-18)29-23-22-19(27-14-28-23)10-21-24(30-22)31-8-7-26-17(12-31)13-32-21/h2-6,9-11,14,17,26H,7-8,12-13H2,1H3,(H,27,28,29)/t17-/m0/s1. The van der Waals surface area contributed by atoms with Gasteiger partial charge in [-0.1, -0.05) is 0 Å². The summed E-state index contributed by atoms with van der Waals surface area (Å²) in [6.07, 6.45) is 4.96. The minimum Gasteiger partial charge on any atom is -0.488 e. The van der Waals surface area contributed by atoms with Gasteiger partial charge in [0, 0.05) is 37.6 Å². The van der Waals surface area contributed by atoms with Crippen molar-refractivity contribution in [2.24, 2.45) is 0 Å². The second-order valence-corrected chi connectivity index (χ2v) is 8.20. The van der Waals surface area contributed by atoms with Crippen molar-refractivity contribution in [3.63, 3.8) is 0 Å². The Balaban J connectivity index is 1.31. The first-order valence-electron chi connectivity index (χ1n) is 11.0. The van der Waals surface area contributed by atoms with Crippen molar-refractivity contribution in [3.05, 3.63) is 60.7 Å². The maximum absolute atomic E-state index is 6.04. The van der Waals surface area contributed by atoms with Gasteiger partial charge < -0.3 is 25.0 Å². The van der Waals surface area contributed by atoms with Crippen LogP contribution in [-0.4, -0.2) is 52.2 Å². The lowest BCUT2D eigenvalue weighted by molar-refractivity contribution is 0.271. The van der Waals surface area contributed by atoms with Gasteiger partial charge in [0.2, 0.25) is 0 Å². The molecule has 0 spiro atoms. The van der Waals surface area contributed by atoms with Gasteiger partial charge in [-0.25, -0.2) is 15.0 Å². The molecule has 9 nitrogen and oxygen atoms in total. The maximum atomic E-state index is 6.04. The van der Waals surface area contributed by atoms with E-state index < -0.39 is 0 Å². The summed E-state index contributed by atoms with van der Waals surface area (Å²) >= 11 is 0. The molecule has 5 heterocycles. The van der Waals surface area contributed by atoms with Gasteiger partial charge in [0.05, 0.1) is 17.8 Å². The lowest BCUT2D eigenvalue weighted by atomic mass is 10.2. The van der Waals surface area contributed by atoms with Crippen LogP contribution in [0.3, 0.4) is 0 Å². The summed E-state index contributed by atoms with van der Waals surface area (Å²) in [5, 5.41) is 6.89. The lowest BCUT2D eigenvalue weighted by Crippen LogP contribution is -2.51. The second-order valence-electron chi connectivity index (χ2n) is 8.20. The van der Waals surface area contributed by atoms with E-state index in [2.05, 4.69) is 30.5 Å². The Labute approximate surface area is 190 Å². The van der Waals surface area contributed by atoms with Crippen molar-refractivity contribution < 1.29 is 9.47 Å². The molecule has 1 atom stereocenters. The smallest absolute Gasteiger partial charge is 0.172 e. The Kier molecular flexibility index (Phi) is 4.88. The highest BCUT2D eigenvalue weighted by Crippen LogP contribution is 2.35. The quantitative estimate of drug-likeness (QED) is 0.494.